The number of nitrogens with zero attached hydrogens (tertiary/aromatic N) is 4. The smallest absolute Gasteiger partial charge is 0.236 e. The molecular formula is C23H24N6O. The summed E-state index contributed by atoms with van der Waals surface area (Å²) in [6.45, 7) is 5.63. The van der Waals surface area contributed by atoms with E-state index in [-0.39, 0.29) is 5.91 Å². The predicted molar refractivity (Wildman–Crippen MR) is 117 cm³/mol. The van der Waals surface area contributed by atoms with Gasteiger partial charge in [-0.15, -0.1) is 0 Å². The van der Waals surface area contributed by atoms with E-state index in [9.17, 15) is 4.79 Å². The van der Waals surface area contributed by atoms with Gasteiger partial charge in [-0.1, -0.05) is 0 Å². The van der Waals surface area contributed by atoms with E-state index in [1.54, 1.807) is 6.20 Å². The quantitative estimate of drug-likeness (QED) is 0.697. The molecule has 1 saturated heterocycles. The first-order chi connectivity index (χ1) is 14.5. The summed E-state index contributed by atoms with van der Waals surface area (Å²) in [7, 11) is 0. The number of hydrogen-bond acceptors (Lipinski definition) is 6. The second kappa shape index (κ2) is 7.09. The topological polar surface area (TPSA) is 83.0 Å². The summed E-state index contributed by atoms with van der Waals surface area (Å²) >= 11 is 0. The number of rotatable bonds is 3. The molecule has 2 aliphatic rings. The van der Waals surface area contributed by atoms with Gasteiger partial charge in [0, 0.05) is 53.3 Å². The van der Waals surface area contributed by atoms with Gasteiger partial charge in [-0.05, 0) is 63.1 Å². The Morgan fingerprint density at radius 3 is 2.43 bits per heavy atom. The average molecular weight is 400 g/mol. The van der Waals surface area contributed by atoms with Crippen molar-refractivity contribution in [1.82, 2.24) is 15.0 Å². The first-order valence-corrected chi connectivity index (χ1v) is 10.2. The Morgan fingerprint density at radius 2 is 1.73 bits per heavy atom. The number of anilines is 4. The lowest BCUT2D eigenvalue weighted by Gasteiger charge is -2.38. The minimum Gasteiger partial charge on any atom is -0.371 e. The molecule has 7 heteroatoms. The molecule has 2 N–H and O–H groups in total. The molecule has 2 aromatic heterocycles. The van der Waals surface area contributed by atoms with E-state index in [0.29, 0.717) is 5.82 Å². The van der Waals surface area contributed by atoms with Crippen LogP contribution in [0.5, 0.6) is 0 Å². The molecule has 3 aromatic rings. The Hall–Kier alpha value is -3.48. The van der Waals surface area contributed by atoms with Gasteiger partial charge in [0.25, 0.3) is 0 Å². The summed E-state index contributed by atoms with van der Waals surface area (Å²) in [4.78, 5) is 27.8. The number of amides is 1. The van der Waals surface area contributed by atoms with Gasteiger partial charge in [0.05, 0.1) is 5.41 Å². The molecule has 1 amide bonds. The highest BCUT2D eigenvalue weighted by molar-refractivity contribution is 6.05. The van der Waals surface area contributed by atoms with Gasteiger partial charge in [-0.2, -0.15) is 0 Å². The van der Waals surface area contributed by atoms with Crippen LogP contribution in [0.25, 0.3) is 0 Å². The molecule has 152 valence electrons. The molecule has 2 aliphatic heterocycles. The lowest BCUT2D eigenvalue weighted by atomic mass is 9.74. The number of piperidine rings is 1. The van der Waals surface area contributed by atoms with E-state index in [2.05, 4.69) is 54.8 Å². The molecule has 7 nitrogen and oxygen atoms in total. The van der Waals surface area contributed by atoms with Gasteiger partial charge >= 0.3 is 0 Å². The molecule has 0 aliphatic carbocycles. The fraction of sp³-hybridized carbons (Fsp3) is 0.304. The number of fused-ring (bicyclic) bond motifs is 2. The van der Waals surface area contributed by atoms with Gasteiger partial charge < -0.3 is 15.5 Å². The number of carbonyl (C=O) groups is 1. The van der Waals surface area contributed by atoms with E-state index < -0.39 is 5.41 Å². The monoisotopic (exact) mass is 400 g/mol. The highest BCUT2D eigenvalue weighted by atomic mass is 16.2. The molecule has 1 aromatic carbocycles. The van der Waals surface area contributed by atoms with E-state index in [0.717, 1.165) is 54.3 Å². The van der Waals surface area contributed by atoms with Crippen LogP contribution in [-0.4, -0.2) is 33.9 Å². The molecule has 30 heavy (non-hydrogen) atoms. The number of carbonyl (C=O) groups excluding carboxylic acids is 1. The number of aromatic nitrogens is 3. The zero-order valence-electron chi connectivity index (χ0n) is 17.1. The van der Waals surface area contributed by atoms with Crippen LogP contribution in [0, 0.1) is 13.8 Å². The molecule has 4 heterocycles. The first kappa shape index (κ1) is 18.5. The zero-order chi connectivity index (χ0) is 20.7. The van der Waals surface area contributed by atoms with Crippen molar-refractivity contribution >= 4 is 28.8 Å². The minimum absolute atomic E-state index is 0.0557. The average Bonchev–Trinajstić information content (AvgIpc) is 3.00. The maximum atomic E-state index is 12.7. The Balaban J connectivity index is 1.28. The van der Waals surface area contributed by atoms with Crippen molar-refractivity contribution in [2.45, 2.75) is 32.1 Å². The second-order valence-corrected chi connectivity index (χ2v) is 8.12. The van der Waals surface area contributed by atoms with E-state index >= 15 is 0 Å². The van der Waals surface area contributed by atoms with Crippen molar-refractivity contribution in [3.05, 3.63) is 65.9 Å². The number of nitrogens with one attached hydrogen (secondary N) is 2. The predicted octanol–water partition coefficient (Wildman–Crippen LogP) is 3.72. The van der Waals surface area contributed by atoms with Gasteiger partial charge in [-0.3, -0.25) is 9.78 Å². The van der Waals surface area contributed by atoms with Crippen molar-refractivity contribution in [3.8, 4) is 0 Å². The maximum absolute atomic E-state index is 12.7. The molecule has 5 rings (SSSR count). The van der Waals surface area contributed by atoms with Crippen LogP contribution in [0.2, 0.25) is 0 Å². The summed E-state index contributed by atoms with van der Waals surface area (Å²) in [5.41, 5.74) is 5.70. The molecule has 1 fully saturated rings. The maximum Gasteiger partial charge on any atom is 0.236 e. The highest BCUT2D eigenvalue weighted by Crippen LogP contribution is 2.44. The minimum atomic E-state index is -0.494. The van der Waals surface area contributed by atoms with Crippen molar-refractivity contribution in [3.63, 3.8) is 0 Å². The molecule has 0 saturated carbocycles. The highest BCUT2D eigenvalue weighted by Gasteiger charge is 2.49. The van der Waals surface area contributed by atoms with Crippen LogP contribution in [0.4, 0.5) is 22.9 Å². The van der Waals surface area contributed by atoms with Crippen LogP contribution in [0.1, 0.15) is 29.8 Å². The zero-order valence-corrected chi connectivity index (χ0v) is 17.1. The number of hydrogen-bond donors (Lipinski definition) is 2. The standard InChI is InChI=1S/C23H24N6O/c1-15-11-18(12-16(2)26-15)27-17-3-5-19(6-4-17)29-9-7-23(8-10-29)20-13-24-14-25-21(20)28-22(23)30/h3-6,11-14H,7-10H2,1-2H3,(H,26,27)(H,24,25,28,30). The number of aryl methyl sites for hydroxylation is 2. The Bertz CT molecular complexity index is 1080. The van der Waals surface area contributed by atoms with Crippen LogP contribution in [-0.2, 0) is 10.2 Å². The first-order valence-electron chi connectivity index (χ1n) is 10.2. The largest absolute Gasteiger partial charge is 0.371 e. The van der Waals surface area contributed by atoms with Crippen molar-refractivity contribution in [1.29, 1.82) is 0 Å². The van der Waals surface area contributed by atoms with E-state index in [4.69, 9.17) is 0 Å². The summed E-state index contributed by atoms with van der Waals surface area (Å²) < 4.78 is 0. The summed E-state index contributed by atoms with van der Waals surface area (Å²) in [5.74, 6) is 0.723. The van der Waals surface area contributed by atoms with Crippen molar-refractivity contribution in [2.75, 3.05) is 28.6 Å². The van der Waals surface area contributed by atoms with Crippen molar-refractivity contribution in [2.24, 2.45) is 0 Å². The fourth-order valence-electron chi connectivity index (χ4n) is 4.60. The van der Waals surface area contributed by atoms with Crippen LogP contribution < -0.4 is 15.5 Å². The van der Waals surface area contributed by atoms with Gasteiger partial charge in [-0.25, -0.2) is 9.97 Å². The second-order valence-electron chi connectivity index (χ2n) is 8.12. The normalized spacial score (nSPS) is 17.0. The third kappa shape index (κ3) is 3.16. The molecule has 0 unspecified atom stereocenters. The Morgan fingerprint density at radius 1 is 1.03 bits per heavy atom. The van der Waals surface area contributed by atoms with E-state index in [1.165, 1.54) is 12.0 Å². The molecule has 1 spiro atoms. The SMILES string of the molecule is Cc1cc(Nc2ccc(N3CCC4(CC3)C(=O)Nc3ncncc34)cc2)cc(C)n1. The third-order valence-electron chi connectivity index (χ3n) is 6.11. The van der Waals surface area contributed by atoms with Crippen LogP contribution in [0.15, 0.2) is 48.9 Å². The summed E-state index contributed by atoms with van der Waals surface area (Å²) in [6, 6.07) is 12.5. The lowest BCUT2D eigenvalue weighted by Crippen LogP contribution is -2.46. The number of pyridine rings is 1. The molecular weight excluding hydrogens is 376 g/mol. The lowest BCUT2D eigenvalue weighted by molar-refractivity contribution is -0.121. The number of benzene rings is 1. The van der Waals surface area contributed by atoms with Crippen molar-refractivity contribution < 1.29 is 4.79 Å². The van der Waals surface area contributed by atoms with Crippen LogP contribution in [0.3, 0.4) is 0 Å². The van der Waals surface area contributed by atoms with Gasteiger partial charge in [0.2, 0.25) is 5.91 Å². The van der Waals surface area contributed by atoms with Gasteiger partial charge in [0.15, 0.2) is 0 Å². The van der Waals surface area contributed by atoms with Crippen LogP contribution >= 0.6 is 0 Å². The van der Waals surface area contributed by atoms with Gasteiger partial charge in [0.1, 0.15) is 12.1 Å². The third-order valence-corrected chi connectivity index (χ3v) is 6.11. The van der Waals surface area contributed by atoms with E-state index in [1.807, 2.05) is 26.0 Å². The summed E-state index contributed by atoms with van der Waals surface area (Å²) in [6.07, 6.45) is 4.79. The summed E-state index contributed by atoms with van der Waals surface area (Å²) in [5, 5.41) is 6.38. The molecule has 0 bridgehead atoms. The Kier molecular flexibility index (Phi) is 4.38. The molecule has 0 radical (unpaired) electrons. The molecule has 0 atom stereocenters. The fourth-order valence-corrected chi connectivity index (χ4v) is 4.60. The Labute approximate surface area is 175 Å².